The Kier molecular flexibility index (Phi) is 5.45. The summed E-state index contributed by atoms with van der Waals surface area (Å²) in [6.07, 6.45) is -3.21. The standard InChI is InChI=1S/C24H30F3N3O2.H2/c1-16-15-17(5-6-18(16)22(2,3)32)21(31)29-11-9-23(10-12-29)19-7-8-20(24(25,26)27)30(19)14-13-28(23)4;/h5-8,15,32H,9-14H2,1-4H3;1H. The normalized spacial score (nSPS) is 19.3. The predicted octanol–water partition coefficient (Wildman–Crippen LogP) is 4.37. The number of nitrogens with zero attached hydrogens (tertiary/aromatic N) is 3. The maximum absolute atomic E-state index is 13.4. The Hall–Kier alpha value is -2.32. The number of piperidine rings is 1. The Morgan fingerprint density at radius 3 is 2.28 bits per heavy atom. The molecule has 1 N–H and O–H groups in total. The predicted molar refractivity (Wildman–Crippen MR) is 117 cm³/mol. The number of amides is 1. The molecule has 2 aliphatic heterocycles. The SMILES string of the molecule is Cc1cc(C(=O)N2CCC3(CC2)c2ccc(C(F)(F)F)n2CCN3C)ccc1C(C)(C)O.[HH]. The quantitative estimate of drug-likeness (QED) is 0.738. The second-order valence-corrected chi connectivity index (χ2v) is 9.59. The third kappa shape index (κ3) is 3.73. The van der Waals surface area contributed by atoms with Crippen LogP contribution >= 0.6 is 0 Å². The molecule has 1 fully saturated rings. The van der Waals surface area contributed by atoms with E-state index < -0.39 is 23.0 Å². The molecule has 8 heteroatoms. The third-order valence-corrected chi connectivity index (χ3v) is 7.15. The van der Waals surface area contributed by atoms with Crippen LogP contribution in [0.5, 0.6) is 0 Å². The van der Waals surface area contributed by atoms with Gasteiger partial charge in [-0.25, -0.2) is 0 Å². The molecule has 1 amide bonds. The average Bonchev–Trinajstić information content (AvgIpc) is 3.15. The Balaban J connectivity index is 0.00000306. The van der Waals surface area contributed by atoms with Crippen molar-refractivity contribution in [3.8, 4) is 0 Å². The summed E-state index contributed by atoms with van der Waals surface area (Å²) in [7, 11) is 1.96. The van der Waals surface area contributed by atoms with Crippen LogP contribution in [0.25, 0.3) is 0 Å². The highest BCUT2D eigenvalue weighted by Gasteiger charge is 2.47. The maximum atomic E-state index is 13.4. The lowest BCUT2D eigenvalue weighted by molar-refractivity contribution is -0.144. The van der Waals surface area contributed by atoms with E-state index in [1.807, 2.05) is 14.0 Å². The molecule has 4 rings (SSSR count). The number of aryl methyl sites for hydroxylation is 1. The number of carbonyl (C=O) groups is 1. The zero-order chi connectivity index (χ0) is 23.5. The fourth-order valence-corrected chi connectivity index (χ4v) is 5.41. The van der Waals surface area contributed by atoms with E-state index in [1.165, 1.54) is 10.6 Å². The van der Waals surface area contributed by atoms with Crippen LogP contribution in [0.4, 0.5) is 13.2 Å². The van der Waals surface area contributed by atoms with Gasteiger partial charge in [0, 0.05) is 38.9 Å². The lowest BCUT2D eigenvalue weighted by Gasteiger charge is -2.50. The van der Waals surface area contributed by atoms with Crippen LogP contribution in [0.3, 0.4) is 0 Å². The number of rotatable bonds is 2. The Morgan fingerprint density at radius 1 is 1.06 bits per heavy atom. The van der Waals surface area contributed by atoms with Crippen LogP contribution in [0.1, 0.15) is 61.0 Å². The monoisotopic (exact) mass is 451 g/mol. The first-order valence-corrected chi connectivity index (χ1v) is 11.0. The van der Waals surface area contributed by atoms with Gasteiger partial charge in [0.15, 0.2) is 0 Å². The van der Waals surface area contributed by atoms with Gasteiger partial charge in [0.1, 0.15) is 5.69 Å². The molecule has 0 saturated carbocycles. The van der Waals surface area contributed by atoms with E-state index >= 15 is 0 Å². The van der Waals surface area contributed by atoms with Crippen LogP contribution < -0.4 is 0 Å². The number of alkyl halides is 3. The fraction of sp³-hybridized carbons (Fsp3) is 0.542. The highest BCUT2D eigenvalue weighted by atomic mass is 19.4. The van der Waals surface area contributed by atoms with Crippen molar-refractivity contribution in [2.24, 2.45) is 0 Å². The summed E-state index contributed by atoms with van der Waals surface area (Å²) in [6.45, 7) is 7.09. The van der Waals surface area contributed by atoms with Gasteiger partial charge in [0.05, 0.1) is 11.1 Å². The lowest BCUT2D eigenvalue weighted by Crippen LogP contribution is -2.56. The number of benzene rings is 1. The van der Waals surface area contributed by atoms with Crippen LogP contribution in [0, 0.1) is 6.92 Å². The minimum Gasteiger partial charge on any atom is -0.386 e. The molecule has 1 spiro atoms. The van der Waals surface area contributed by atoms with Crippen molar-refractivity contribution in [2.75, 3.05) is 26.7 Å². The van der Waals surface area contributed by atoms with E-state index in [0.717, 1.165) is 11.1 Å². The van der Waals surface area contributed by atoms with Crippen LogP contribution in [0.15, 0.2) is 30.3 Å². The van der Waals surface area contributed by atoms with Gasteiger partial charge in [-0.2, -0.15) is 13.2 Å². The summed E-state index contributed by atoms with van der Waals surface area (Å²) < 4.78 is 41.8. The van der Waals surface area contributed by atoms with E-state index in [1.54, 1.807) is 43.0 Å². The van der Waals surface area contributed by atoms with Crippen LogP contribution in [-0.2, 0) is 23.9 Å². The fourth-order valence-electron chi connectivity index (χ4n) is 5.41. The van der Waals surface area contributed by atoms with Gasteiger partial charge in [-0.05, 0) is 76.1 Å². The molecule has 0 aliphatic carbocycles. The summed E-state index contributed by atoms with van der Waals surface area (Å²) in [6, 6.07) is 8.11. The average molecular weight is 452 g/mol. The number of fused-ring (bicyclic) bond motifs is 2. The Labute approximate surface area is 187 Å². The largest absolute Gasteiger partial charge is 0.431 e. The summed E-state index contributed by atoms with van der Waals surface area (Å²) >= 11 is 0. The summed E-state index contributed by atoms with van der Waals surface area (Å²) in [5.74, 6) is -0.0879. The number of hydrogen-bond donors (Lipinski definition) is 1. The van der Waals surface area contributed by atoms with Crippen molar-refractivity contribution in [1.82, 2.24) is 14.4 Å². The molecular formula is C24H32F3N3O2. The number of halogens is 3. The van der Waals surface area contributed by atoms with E-state index in [9.17, 15) is 23.1 Å². The molecule has 1 saturated heterocycles. The molecule has 1 aromatic carbocycles. The Bertz CT molecular complexity index is 1030. The lowest BCUT2D eigenvalue weighted by atomic mass is 9.81. The van der Waals surface area contributed by atoms with Gasteiger partial charge >= 0.3 is 6.18 Å². The molecule has 2 aromatic rings. The Morgan fingerprint density at radius 2 is 1.72 bits per heavy atom. The van der Waals surface area contributed by atoms with Gasteiger partial charge in [0.2, 0.25) is 0 Å². The van der Waals surface area contributed by atoms with Gasteiger partial charge in [-0.1, -0.05) is 6.07 Å². The topological polar surface area (TPSA) is 48.7 Å². The highest BCUT2D eigenvalue weighted by Crippen LogP contribution is 2.44. The first-order valence-electron chi connectivity index (χ1n) is 11.0. The molecule has 0 bridgehead atoms. The van der Waals surface area contributed by atoms with Crippen molar-refractivity contribution in [3.63, 3.8) is 0 Å². The number of hydrogen-bond acceptors (Lipinski definition) is 3. The molecular weight excluding hydrogens is 419 g/mol. The second kappa shape index (κ2) is 7.63. The molecule has 5 nitrogen and oxygen atoms in total. The van der Waals surface area contributed by atoms with Crippen molar-refractivity contribution in [3.05, 3.63) is 58.4 Å². The summed E-state index contributed by atoms with van der Waals surface area (Å²) in [5.41, 5.74) is 0.791. The first-order chi connectivity index (χ1) is 14.8. The van der Waals surface area contributed by atoms with E-state index in [4.69, 9.17) is 0 Å². The van der Waals surface area contributed by atoms with Gasteiger partial charge in [-0.3, -0.25) is 9.69 Å². The third-order valence-electron chi connectivity index (χ3n) is 7.15. The minimum absolute atomic E-state index is 0. The number of carbonyl (C=O) groups excluding carboxylic acids is 1. The molecule has 1 aromatic heterocycles. The molecule has 0 unspecified atom stereocenters. The maximum Gasteiger partial charge on any atom is 0.431 e. The number of aromatic nitrogens is 1. The van der Waals surface area contributed by atoms with Gasteiger partial charge in [-0.15, -0.1) is 0 Å². The molecule has 2 aliphatic rings. The molecule has 32 heavy (non-hydrogen) atoms. The number of aliphatic hydroxyl groups is 1. The van der Waals surface area contributed by atoms with Crippen molar-refractivity contribution >= 4 is 5.91 Å². The second-order valence-electron chi connectivity index (χ2n) is 9.59. The molecule has 0 radical (unpaired) electrons. The van der Waals surface area contributed by atoms with Crippen molar-refractivity contribution in [1.29, 1.82) is 0 Å². The molecule has 3 heterocycles. The van der Waals surface area contributed by atoms with Crippen molar-refractivity contribution in [2.45, 2.75) is 57.5 Å². The molecule has 176 valence electrons. The van der Waals surface area contributed by atoms with E-state index in [2.05, 4.69) is 4.90 Å². The summed E-state index contributed by atoms with van der Waals surface area (Å²) in [4.78, 5) is 17.1. The molecule has 0 atom stereocenters. The van der Waals surface area contributed by atoms with Crippen LogP contribution in [-0.4, -0.2) is 52.1 Å². The van der Waals surface area contributed by atoms with E-state index in [0.29, 0.717) is 50.3 Å². The van der Waals surface area contributed by atoms with Crippen LogP contribution in [0.2, 0.25) is 0 Å². The smallest absolute Gasteiger partial charge is 0.386 e. The first kappa shape index (κ1) is 22.9. The van der Waals surface area contributed by atoms with Gasteiger partial charge < -0.3 is 14.6 Å². The number of likely N-dealkylation sites (tertiary alicyclic amines) is 1. The number of likely N-dealkylation sites (N-methyl/N-ethyl adjacent to an activating group) is 1. The van der Waals surface area contributed by atoms with E-state index in [-0.39, 0.29) is 7.33 Å². The highest BCUT2D eigenvalue weighted by molar-refractivity contribution is 5.94. The minimum atomic E-state index is -4.38. The zero-order valence-corrected chi connectivity index (χ0v) is 19.0. The van der Waals surface area contributed by atoms with Crippen molar-refractivity contribution < 1.29 is 24.5 Å². The summed E-state index contributed by atoms with van der Waals surface area (Å²) in [5, 5.41) is 10.3. The zero-order valence-electron chi connectivity index (χ0n) is 19.0. The van der Waals surface area contributed by atoms with Gasteiger partial charge in [0.25, 0.3) is 5.91 Å².